The average molecular weight is 406 g/mol. The van der Waals surface area contributed by atoms with Crippen LogP contribution in [0.3, 0.4) is 0 Å². The van der Waals surface area contributed by atoms with E-state index in [1.807, 2.05) is 43.3 Å². The fraction of sp³-hybridized carbons (Fsp3) is 0.263. The third-order valence-corrected chi connectivity index (χ3v) is 4.10. The molecule has 0 atom stereocenters. The van der Waals surface area contributed by atoms with Crippen LogP contribution in [0.1, 0.15) is 17.5 Å². The number of hydrogen-bond donors (Lipinski definition) is 1. The fourth-order valence-corrected chi connectivity index (χ4v) is 2.69. The molecule has 0 aliphatic heterocycles. The number of halogens is 1. The average Bonchev–Trinajstić information content (AvgIpc) is 2.61. The zero-order valence-electron chi connectivity index (χ0n) is 14.2. The van der Waals surface area contributed by atoms with Crippen molar-refractivity contribution >= 4 is 33.5 Å². The summed E-state index contributed by atoms with van der Waals surface area (Å²) in [4.78, 5) is 23.7. The van der Waals surface area contributed by atoms with Gasteiger partial charge in [0.05, 0.1) is 7.11 Å². The molecule has 0 heterocycles. The highest BCUT2D eigenvalue weighted by atomic mass is 79.9. The number of methoxy groups -OCH3 is 1. The number of benzene rings is 2. The van der Waals surface area contributed by atoms with Crippen molar-refractivity contribution in [1.82, 2.24) is 0 Å². The molecule has 0 fully saturated rings. The lowest BCUT2D eigenvalue weighted by atomic mass is 10.1. The second-order valence-corrected chi connectivity index (χ2v) is 6.43. The van der Waals surface area contributed by atoms with E-state index in [9.17, 15) is 9.59 Å². The largest absolute Gasteiger partial charge is 0.497 e. The first-order valence-corrected chi connectivity index (χ1v) is 8.62. The van der Waals surface area contributed by atoms with Gasteiger partial charge in [0.15, 0.2) is 6.61 Å². The van der Waals surface area contributed by atoms with Crippen LogP contribution in [-0.2, 0) is 20.7 Å². The number of aryl methyl sites for hydroxylation is 2. The van der Waals surface area contributed by atoms with E-state index < -0.39 is 5.97 Å². The summed E-state index contributed by atoms with van der Waals surface area (Å²) in [5.74, 6) is 0.00736. The Labute approximate surface area is 155 Å². The summed E-state index contributed by atoms with van der Waals surface area (Å²) in [6.07, 6.45) is 0.771. The molecule has 0 radical (unpaired) electrons. The molecule has 1 amide bonds. The van der Waals surface area contributed by atoms with Gasteiger partial charge in [-0.25, -0.2) is 0 Å². The first kappa shape index (κ1) is 19.0. The molecule has 0 aliphatic rings. The van der Waals surface area contributed by atoms with Crippen LogP contribution in [0.15, 0.2) is 46.9 Å². The maximum atomic E-state index is 11.9. The van der Waals surface area contributed by atoms with Crippen molar-refractivity contribution in [2.24, 2.45) is 0 Å². The number of rotatable bonds is 7. The van der Waals surface area contributed by atoms with E-state index >= 15 is 0 Å². The number of carbonyl (C=O) groups is 2. The van der Waals surface area contributed by atoms with Gasteiger partial charge in [-0.2, -0.15) is 0 Å². The number of esters is 1. The molecule has 0 bridgehead atoms. The fourth-order valence-electron chi connectivity index (χ4n) is 2.21. The number of carbonyl (C=O) groups excluding carboxylic acids is 2. The Hall–Kier alpha value is -2.34. The predicted octanol–water partition coefficient (Wildman–Crippen LogP) is 3.88. The molecular weight excluding hydrogens is 386 g/mol. The smallest absolute Gasteiger partial charge is 0.306 e. The monoisotopic (exact) mass is 405 g/mol. The Bertz CT molecular complexity index is 744. The molecule has 5 nitrogen and oxygen atoms in total. The van der Waals surface area contributed by atoms with Crippen LogP contribution < -0.4 is 10.1 Å². The minimum Gasteiger partial charge on any atom is -0.497 e. The standard InChI is InChI=1S/C19H20BrNO4/c1-13-11-15(20)6-9-17(13)21-18(22)12-25-19(23)10-5-14-3-7-16(24-2)8-4-14/h3-4,6-9,11H,5,10,12H2,1-2H3,(H,21,22). The van der Waals surface area contributed by atoms with Gasteiger partial charge in [-0.3, -0.25) is 9.59 Å². The molecule has 6 heteroatoms. The topological polar surface area (TPSA) is 64.6 Å². The first-order valence-electron chi connectivity index (χ1n) is 7.82. The third-order valence-electron chi connectivity index (χ3n) is 3.60. The minimum absolute atomic E-state index is 0.219. The summed E-state index contributed by atoms with van der Waals surface area (Å²) in [5.41, 5.74) is 2.63. The van der Waals surface area contributed by atoms with Crippen LogP contribution in [0.5, 0.6) is 5.75 Å². The summed E-state index contributed by atoms with van der Waals surface area (Å²) in [7, 11) is 1.60. The van der Waals surface area contributed by atoms with Crippen LogP contribution >= 0.6 is 15.9 Å². The van der Waals surface area contributed by atoms with E-state index in [-0.39, 0.29) is 18.9 Å². The number of hydrogen-bond acceptors (Lipinski definition) is 4. The van der Waals surface area contributed by atoms with Gasteiger partial charge in [0.1, 0.15) is 5.75 Å². The Morgan fingerprint density at radius 3 is 2.48 bits per heavy atom. The zero-order valence-corrected chi connectivity index (χ0v) is 15.8. The second kappa shape index (κ2) is 9.22. The second-order valence-electron chi connectivity index (χ2n) is 5.52. The summed E-state index contributed by atoms with van der Waals surface area (Å²) in [6.45, 7) is 1.60. The molecular formula is C19H20BrNO4. The number of amides is 1. The summed E-state index contributed by atoms with van der Waals surface area (Å²) in [5, 5.41) is 2.73. The Morgan fingerprint density at radius 1 is 1.12 bits per heavy atom. The lowest BCUT2D eigenvalue weighted by Crippen LogP contribution is -2.21. The normalized spacial score (nSPS) is 10.2. The molecule has 2 aromatic carbocycles. The SMILES string of the molecule is COc1ccc(CCC(=O)OCC(=O)Nc2ccc(Br)cc2C)cc1. The number of ether oxygens (including phenoxy) is 2. The quantitative estimate of drug-likeness (QED) is 0.709. The van der Waals surface area contributed by atoms with Crippen LogP contribution in [0, 0.1) is 6.92 Å². The molecule has 0 spiro atoms. The van der Waals surface area contributed by atoms with Gasteiger partial charge in [-0.05, 0) is 54.8 Å². The molecule has 0 unspecified atom stereocenters. The summed E-state index contributed by atoms with van der Waals surface area (Å²) in [6, 6.07) is 13.0. The van der Waals surface area contributed by atoms with Gasteiger partial charge in [0.25, 0.3) is 5.91 Å². The van der Waals surface area contributed by atoms with Crippen molar-refractivity contribution in [1.29, 1.82) is 0 Å². The van der Waals surface area contributed by atoms with Crippen LogP contribution in [-0.4, -0.2) is 25.6 Å². The third kappa shape index (κ3) is 6.23. The van der Waals surface area contributed by atoms with E-state index in [1.165, 1.54) is 0 Å². The molecule has 0 saturated carbocycles. The molecule has 0 aliphatic carbocycles. The van der Waals surface area contributed by atoms with Gasteiger partial charge >= 0.3 is 5.97 Å². The molecule has 0 aromatic heterocycles. The van der Waals surface area contributed by atoms with Crippen molar-refractivity contribution in [3.63, 3.8) is 0 Å². The highest BCUT2D eigenvalue weighted by Gasteiger charge is 2.09. The van der Waals surface area contributed by atoms with E-state index in [0.29, 0.717) is 12.1 Å². The van der Waals surface area contributed by atoms with Gasteiger partial charge in [-0.15, -0.1) is 0 Å². The molecule has 0 saturated heterocycles. The lowest BCUT2D eigenvalue weighted by Gasteiger charge is -2.09. The van der Waals surface area contributed by atoms with Gasteiger partial charge in [0.2, 0.25) is 0 Å². The lowest BCUT2D eigenvalue weighted by molar-refractivity contribution is -0.147. The Kier molecular flexibility index (Phi) is 7.01. The minimum atomic E-state index is -0.404. The van der Waals surface area contributed by atoms with Crippen LogP contribution in [0.25, 0.3) is 0 Å². The first-order chi connectivity index (χ1) is 12.0. The number of anilines is 1. The zero-order chi connectivity index (χ0) is 18.2. The Morgan fingerprint density at radius 2 is 1.84 bits per heavy atom. The summed E-state index contributed by atoms with van der Waals surface area (Å²) >= 11 is 3.37. The molecule has 1 N–H and O–H groups in total. The van der Waals surface area contributed by atoms with Crippen LogP contribution in [0.2, 0.25) is 0 Å². The van der Waals surface area contributed by atoms with Gasteiger partial charge in [0, 0.05) is 16.6 Å². The number of nitrogens with one attached hydrogen (secondary N) is 1. The van der Waals surface area contributed by atoms with Crippen LogP contribution in [0.4, 0.5) is 5.69 Å². The van der Waals surface area contributed by atoms with E-state index in [0.717, 1.165) is 21.3 Å². The maximum Gasteiger partial charge on any atom is 0.306 e. The highest BCUT2D eigenvalue weighted by molar-refractivity contribution is 9.10. The highest BCUT2D eigenvalue weighted by Crippen LogP contribution is 2.20. The van der Waals surface area contributed by atoms with E-state index in [4.69, 9.17) is 9.47 Å². The maximum absolute atomic E-state index is 11.9. The van der Waals surface area contributed by atoms with E-state index in [1.54, 1.807) is 13.2 Å². The predicted molar refractivity (Wildman–Crippen MR) is 99.8 cm³/mol. The van der Waals surface area contributed by atoms with Crippen molar-refractivity contribution in [3.05, 3.63) is 58.1 Å². The van der Waals surface area contributed by atoms with E-state index in [2.05, 4.69) is 21.2 Å². The molecule has 2 aromatic rings. The summed E-state index contributed by atoms with van der Waals surface area (Å²) < 4.78 is 11.0. The van der Waals surface area contributed by atoms with Gasteiger partial charge < -0.3 is 14.8 Å². The van der Waals surface area contributed by atoms with Crippen molar-refractivity contribution in [2.75, 3.05) is 19.0 Å². The van der Waals surface area contributed by atoms with Crippen molar-refractivity contribution in [3.8, 4) is 5.75 Å². The molecule has 132 valence electrons. The molecule has 2 rings (SSSR count). The molecule has 25 heavy (non-hydrogen) atoms. The Balaban J connectivity index is 1.74. The van der Waals surface area contributed by atoms with Crippen molar-refractivity contribution in [2.45, 2.75) is 19.8 Å². The van der Waals surface area contributed by atoms with Crippen molar-refractivity contribution < 1.29 is 19.1 Å². The van der Waals surface area contributed by atoms with Gasteiger partial charge in [-0.1, -0.05) is 28.1 Å².